The Balaban J connectivity index is 1.93. The van der Waals surface area contributed by atoms with E-state index < -0.39 is 0 Å². The van der Waals surface area contributed by atoms with E-state index in [-0.39, 0.29) is 5.78 Å². The van der Waals surface area contributed by atoms with E-state index in [0.29, 0.717) is 6.42 Å². The van der Waals surface area contributed by atoms with Crippen LogP contribution >= 0.6 is 22.7 Å². The van der Waals surface area contributed by atoms with Crippen LogP contribution in [0.1, 0.15) is 26.0 Å². The molecule has 0 saturated heterocycles. The largest absolute Gasteiger partial charge is 0.293 e. The van der Waals surface area contributed by atoms with Crippen molar-refractivity contribution in [2.45, 2.75) is 19.8 Å². The lowest BCUT2D eigenvalue weighted by atomic mass is 10.2. The van der Waals surface area contributed by atoms with Crippen LogP contribution < -0.4 is 0 Å². The topological polar surface area (TPSA) is 30.0 Å². The second-order valence-electron chi connectivity index (χ2n) is 3.25. The van der Waals surface area contributed by atoms with E-state index in [2.05, 4.69) is 11.1 Å². The van der Waals surface area contributed by atoms with Gasteiger partial charge in [0, 0.05) is 17.5 Å². The number of thiazole rings is 1. The number of rotatable bonds is 4. The van der Waals surface area contributed by atoms with Crippen LogP contribution in [0, 0.1) is 6.92 Å². The lowest BCUT2D eigenvalue weighted by Gasteiger charge is -1.95. The number of aryl methyl sites for hydroxylation is 2. The predicted molar refractivity (Wildman–Crippen MR) is 63.8 cm³/mol. The molecule has 2 aromatic rings. The van der Waals surface area contributed by atoms with Crippen LogP contribution in [0.5, 0.6) is 0 Å². The number of thiophene rings is 1. The fourth-order valence-electron chi connectivity index (χ4n) is 1.31. The molecule has 0 spiro atoms. The first-order valence-corrected chi connectivity index (χ1v) is 6.43. The molecule has 0 fully saturated rings. The van der Waals surface area contributed by atoms with Crippen molar-refractivity contribution in [1.82, 2.24) is 4.98 Å². The highest BCUT2D eigenvalue weighted by Crippen LogP contribution is 2.17. The summed E-state index contributed by atoms with van der Waals surface area (Å²) >= 11 is 3.18. The Hall–Kier alpha value is -1.00. The van der Waals surface area contributed by atoms with Gasteiger partial charge in [-0.25, -0.2) is 4.98 Å². The van der Waals surface area contributed by atoms with Gasteiger partial charge in [-0.05, 0) is 24.8 Å². The molecule has 0 saturated carbocycles. The van der Waals surface area contributed by atoms with Gasteiger partial charge in [-0.2, -0.15) is 0 Å². The molecule has 0 unspecified atom stereocenters. The molecule has 4 heteroatoms. The monoisotopic (exact) mass is 237 g/mol. The summed E-state index contributed by atoms with van der Waals surface area (Å²) in [7, 11) is 0. The van der Waals surface area contributed by atoms with Crippen LogP contribution in [0.3, 0.4) is 0 Å². The summed E-state index contributed by atoms with van der Waals surface area (Å²) in [5.74, 6) is 0.203. The average Bonchev–Trinajstić information content (AvgIpc) is 2.84. The number of hydrogen-bond donors (Lipinski definition) is 0. The van der Waals surface area contributed by atoms with Crippen molar-refractivity contribution in [1.29, 1.82) is 0 Å². The Morgan fingerprint density at radius 1 is 1.53 bits per heavy atom. The summed E-state index contributed by atoms with van der Waals surface area (Å²) in [5.41, 5.74) is 0. The molecule has 0 bridgehead atoms. The number of Topliss-reactive ketones (excluding diaryl/α,β-unsaturated/α-hetero) is 1. The standard InChI is InChI=1S/C11H11NOS2/c1-8-12-7-11(15-8)10(13)5-4-9-3-2-6-14-9/h2-3,6-7H,4-5H2,1H3. The highest BCUT2D eigenvalue weighted by molar-refractivity contribution is 7.13. The van der Waals surface area contributed by atoms with Crippen LogP contribution in [0.15, 0.2) is 23.7 Å². The van der Waals surface area contributed by atoms with Gasteiger partial charge in [0.05, 0.1) is 9.88 Å². The Bertz CT molecular complexity index is 445. The molecule has 0 N–H and O–H groups in total. The molecule has 0 radical (unpaired) electrons. The quantitative estimate of drug-likeness (QED) is 0.763. The molecule has 0 aliphatic rings. The first-order valence-electron chi connectivity index (χ1n) is 4.74. The number of nitrogens with zero attached hydrogens (tertiary/aromatic N) is 1. The third kappa shape index (κ3) is 2.73. The third-order valence-corrected chi connectivity index (χ3v) is 3.96. The molecule has 2 nitrogen and oxygen atoms in total. The fraction of sp³-hybridized carbons (Fsp3) is 0.273. The molecule has 78 valence electrons. The van der Waals surface area contributed by atoms with E-state index in [4.69, 9.17) is 0 Å². The molecule has 0 amide bonds. The van der Waals surface area contributed by atoms with E-state index in [1.807, 2.05) is 18.4 Å². The predicted octanol–water partition coefficient (Wildman–Crippen LogP) is 3.33. The Kier molecular flexibility index (Phi) is 3.28. The molecule has 0 aliphatic heterocycles. The van der Waals surface area contributed by atoms with Gasteiger partial charge in [0.25, 0.3) is 0 Å². The van der Waals surface area contributed by atoms with Gasteiger partial charge in [0.2, 0.25) is 0 Å². The van der Waals surface area contributed by atoms with Crippen LogP contribution in [0.2, 0.25) is 0 Å². The first kappa shape index (κ1) is 10.5. The summed E-state index contributed by atoms with van der Waals surface area (Å²) in [5, 5.41) is 2.99. The Labute approximate surface area is 96.6 Å². The minimum Gasteiger partial charge on any atom is -0.293 e. The van der Waals surface area contributed by atoms with E-state index in [1.54, 1.807) is 17.5 Å². The zero-order valence-electron chi connectivity index (χ0n) is 8.40. The number of hydrogen-bond acceptors (Lipinski definition) is 4. The number of carbonyl (C=O) groups is 1. The van der Waals surface area contributed by atoms with Gasteiger partial charge in [-0.15, -0.1) is 22.7 Å². The smallest absolute Gasteiger partial charge is 0.174 e. The maximum atomic E-state index is 11.7. The molecule has 15 heavy (non-hydrogen) atoms. The van der Waals surface area contributed by atoms with E-state index >= 15 is 0 Å². The van der Waals surface area contributed by atoms with Crippen LogP contribution in [0.25, 0.3) is 0 Å². The molecular formula is C11H11NOS2. The molecule has 0 atom stereocenters. The summed E-state index contributed by atoms with van der Waals surface area (Å²) in [6, 6.07) is 4.08. The van der Waals surface area contributed by atoms with Crippen LogP contribution in [0.4, 0.5) is 0 Å². The molecular weight excluding hydrogens is 226 g/mol. The summed E-state index contributed by atoms with van der Waals surface area (Å²) < 4.78 is 0. The van der Waals surface area contributed by atoms with Crippen molar-refractivity contribution in [3.63, 3.8) is 0 Å². The van der Waals surface area contributed by atoms with Crippen LogP contribution in [-0.4, -0.2) is 10.8 Å². The summed E-state index contributed by atoms with van der Waals surface area (Å²) in [4.78, 5) is 17.9. The third-order valence-electron chi connectivity index (χ3n) is 2.07. The highest BCUT2D eigenvalue weighted by Gasteiger charge is 2.09. The maximum absolute atomic E-state index is 11.7. The SMILES string of the molecule is Cc1ncc(C(=O)CCc2cccs2)s1. The molecule has 0 aromatic carbocycles. The lowest BCUT2D eigenvalue weighted by molar-refractivity contribution is 0.0987. The van der Waals surface area contributed by atoms with E-state index in [9.17, 15) is 4.79 Å². The normalized spacial score (nSPS) is 10.5. The van der Waals surface area contributed by atoms with Gasteiger partial charge in [-0.3, -0.25) is 4.79 Å². The van der Waals surface area contributed by atoms with Crippen molar-refractivity contribution in [2.24, 2.45) is 0 Å². The van der Waals surface area contributed by atoms with E-state index in [0.717, 1.165) is 16.3 Å². The minimum atomic E-state index is 0.203. The summed E-state index contributed by atoms with van der Waals surface area (Å²) in [6.07, 6.45) is 3.10. The molecule has 2 rings (SSSR count). The van der Waals surface area contributed by atoms with Gasteiger partial charge < -0.3 is 0 Å². The molecule has 2 aromatic heterocycles. The highest BCUT2D eigenvalue weighted by atomic mass is 32.1. The second kappa shape index (κ2) is 4.68. The van der Waals surface area contributed by atoms with E-state index in [1.165, 1.54) is 16.2 Å². The first-order chi connectivity index (χ1) is 7.25. The average molecular weight is 237 g/mol. The fourth-order valence-corrected chi connectivity index (χ4v) is 2.76. The van der Waals surface area contributed by atoms with Gasteiger partial charge in [-0.1, -0.05) is 6.07 Å². The van der Waals surface area contributed by atoms with Crippen molar-refractivity contribution >= 4 is 28.5 Å². The van der Waals surface area contributed by atoms with Crippen molar-refractivity contribution < 1.29 is 4.79 Å². The van der Waals surface area contributed by atoms with Crippen molar-refractivity contribution in [3.05, 3.63) is 38.5 Å². The molecule has 0 aliphatic carbocycles. The zero-order valence-corrected chi connectivity index (χ0v) is 10.0. The van der Waals surface area contributed by atoms with Crippen LogP contribution in [-0.2, 0) is 6.42 Å². The Morgan fingerprint density at radius 2 is 2.40 bits per heavy atom. The van der Waals surface area contributed by atoms with Gasteiger partial charge in [0.1, 0.15) is 0 Å². The van der Waals surface area contributed by atoms with Gasteiger partial charge in [0.15, 0.2) is 5.78 Å². The number of carbonyl (C=O) groups excluding carboxylic acids is 1. The van der Waals surface area contributed by atoms with Gasteiger partial charge >= 0.3 is 0 Å². The zero-order chi connectivity index (χ0) is 10.7. The second-order valence-corrected chi connectivity index (χ2v) is 5.51. The lowest BCUT2D eigenvalue weighted by Crippen LogP contribution is -1.97. The van der Waals surface area contributed by atoms with Crippen molar-refractivity contribution in [2.75, 3.05) is 0 Å². The molecule has 2 heterocycles. The maximum Gasteiger partial charge on any atom is 0.174 e. The minimum absolute atomic E-state index is 0.203. The van der Waals surface area contributed by atoms with Crippen molar-refractivity contribution in [3.8, 4) is 0 Å². The number of aromatic nitrogens is 1. The Morgan fingerprint density at radius 3 is 3.00 bits per heavy atom. The number of ketones is 1. The summed E-state index contributed by atoms with van der Waals surface area (Å²) in [6.45, 7) is 1.92.